The van der Waals surface area contributed by atoms with E-state index in [9.17, 15) is 9.59 Å². The van der Waals surface area contributed by atoms with Crippen LogP contribution in [0.4, 0.5) is 0 Å². The highest BCUT2D eigenvalue weighted by Gasteiger charge is 2.19. The Morgan fingerprint density at radius 1 is 1.32 bits per heavy atom. The molecule has 1 atom stereocenters. The number of rotatable bonds is 8. The van der Waals surface area contributed by atoms with E-state index in [1.165, 1.54) is 18.7 Å². The molecule has 0 aliphatic heterocycles. The second-order valence-corrected chi connectivity index (χ2v) is 6.53. The molecule has 8 heteroatoms. The van der Waals surface area contributed by atoms with Crippen LogP contribution in [0.1, 0.15) is 26.7 Å². The molecule has 0 bridgehead atoms. The minimum Gasteiger partial charge on any atom is -0.479 e. The van der Waals surface area contributed by atoms with Gasteiger partial charge < -0.3 is 9.47 Å². The summed E-state index contributed by atoms with van der Waals surface area (Å²) in [6, 6.07) is 0. The summed E-state index contributed by atoms with van der Waals surface area (Å²) in [6.45, 7) is 3.77. The van der Waals surface area contributed by atoms with Gasteiger partial charge in [0.2, 0.25) is 4.38 Å². The van der Waals surface area contributed by atoms with Crippen LogP contribution in [0.15, 0.2) is 0 Å². The Morgan fingerprint density at radius 2 is 1.95 bits per heavy atom. The van der Waals surface area contributed by atoms with Gasteiger partial charge in [0.25, 0.3) is 0 Å². The van der Waals surface area contributed by atoms with E-state index in [-0.39, 0.29) is 30.0 Å². The highest BCUT2D eigenvalue weighted by atomic mass is 35.5. The summed E-state index contributed by atoms with van der Waals surface area (Å²) in [5.74, 6) is -0.647. The van der Waals surface area contributed by atoms with Crippen molar-refractivity contribution in [2.45, 2.75) is 36.8 Å². The lowest BCUT2D eigenvalue weighted by Gasteiger charge is -2.16. The first-order valence-corrected chi connectivity index (χ1v) is 7.80. The molecule has 0 spiro atoms. The van der Waals surface area contributed by atoms with Gasteiger partial charge in [0.05, 0.1) is 6.61 Å². The van der Waals surface area contributed by atoms with Gasteiger partial charge >= 0.3 is 5.97 Å². The lowest BCUT2D eigenvalue weighted by Crippen LogP contribution is -2.19. The van der Waals surface area contributed by atoms with Gasteiger partial charge in [-0.3, -0.25) is 9.59 Å². The predicted molar refractivity (Wildman–Crippen MR) is 82.0 cm³/mol. The van der Waals surface area contributed by atoms with Crippen LogP contribution < -0.4 is 0 Å². The molecule has 0 saturated heterocycles. The maximum atomic E-state index is 11.4. The number of carbonyl (C=O) groups is 2. The van der Waals surface area contributed by atoms with Crippen LogP contribution in [-0.4, -0.2) is 39.4 Å². The van der Waals surface area contributed by atoms with E-state index in [1.807, 2.05) is 6.92 Å². The lowest BCUT2D eigenvalue weighted by atomic mass is 10.2. The van der Waals surface area contributed by atoms with Crippen molar-refractivity contribution in [1.82, 2.24) is 0 Å². The van der Waals surface area contributed by atoms with Crippen molar-refractivity contribution >= 4 is 63.3 Å². The van der Waals surface area contributed by atoms with Crippen molar-refractivity contribution in [3.8, 4) is 0 Å². The number of ketones is 1. The zero-order valence-electron chi connectivity index (χ0n) is 10.7. The first-order valence-electron chi connectivity index (χ1n) is 5.64. The molecule has 0 saturated carbocycles. The van der Waals surface area contributed by atoms with Crippen LogP contribution in [0.2, 0.25) is 0 Å². The molecule has 0 rings (SSSR count). The van der Waals surface area contributed by atoms with Gasteiger partial charge in [0, 0.05) is 18.6 Å². The molecule has 0 amide bonds. The number of hydrogen-bond donors (Lipinski definition) is 0. The van der Waals surface area contributed by atoms with E-state index in [0.717, 1.165) is 0 Å². The summed E-state index contributed by atoms with van der Waals surface area (Å²) in [4.78, 5) is 21.1. The Bertz CT molecular complexity index is 324. The van der Waals surface area contributed by atoms with Crippen molar-refractivity contribution in [2.24, 2.45) is 0 Å². The predicted octanol–water partition coefficient (Wildman–Crippen LogP) is 3.13. The average Bonchev–Trinajstić information content (AvgIpc) is 2.32. The Hall–Kier alpha value is -0.0400. The van der Waals surface area contributed by atoms with Crippen LogP contribution in [-0.2, 0) is 19.1 Å². The number of esters is 1. The molecular weight excluding hydrogens is 331 g/mol. The van der Waals surface area contributed by atoms with Crippen molar-refractivity contribution in [3.63, 3.8) is 0 Å². The van der Waals surface area contributed by atoms with Crippen LogP contribution in [0.3, 0.4) is 0 Å². The Morgan fingerprint density at radius 3 is 2.42 bits per heavy atom. The molecule has 1 unspecified atom stereocenters. The maximum Gasteiger partial charge on any atom is 0.302 e. The number of halogens is 2. The quantitative estimate of drug-likeness (QED) is 0.382. The molecule has 0 aromatic carbocycles. The summed E-state index contributed by atoms with van der Waals surface area (Å²) >= 11 is 17.2. The van der Waals surface area contributed by atoms with E-state index < -0.39 is 4.84 Å². The standard InChI is InChI=1S/C11H16Cl2O4S2/c1-3-16-11(18)19-8(6-17-7(2)14)4-5-9(15)10(12)13/h8,10H,3-6H2,1-2H3. The van der Waals surface area contributed by atoms with Gasteiger partial charge in [-0.1, -0.05) is 35.0 Å². The van der Waals surface area contributed by atoms with Crippen LogP contribution in [0.25, 0.3) is 0 Å². The fraction of sp³-hybridized carbons (Fsp3) is 0.727. The van der Waals surface area contributed by atoms with Crippen LogP contribution in [0, 0.1) is 0 Å². The molecule has 110 valence electrons. The number of thioether (sulfide) groups is 1. The highest BCUT2D eigenvalue weighted by molar-refractivity contribution is 8.23. The third kappa shape index (κ3) is 10.4. The Kier molecular flexibility index (Phi) is 10.7. The molecule has 0 N–H and O–H groups in total. The number of Topliss-reactive ketones (excluding diaryl/α,β-unsaturated/α-hetero) is 1. The largest absolute Gasteiger partial charge is 0.479 e. The summed E-state index contributed by atoms with van der Waals surface area (Å²) in [6.07, 6.45) is 0.658. The normalized spacial score (nSPS) is 12.1. The van der Waals surface area contributed by atoms with E-state index in [1.54, 1.807) is 0 Å². The molecule has 0 radical (unpaired) electrons. The Balaban J connectivity index is 4.28. The van der Waals surface area contributed by atoms with Crippen molar-refractivity contribution in [3.05, 3.63) is 0 Å². The highest BCUT2D eigenvalue weighted by Crippen LogP contribution is 2.21. The van der Waals surface area contributed by atoms with E-state index >= 15 is 0 Å². The zero-order valence-corrected chi connectivity index (χ0v) is 13.8. The van der Waals surface area contributed by atoms with E-state index in [0.29, 0.717) is 17.4 Å². The topological polar surface area (TPSA) is 52.6 Å². The maximum absolute atomic E-state index is 11.4. The number of hydrogen-bond acceptors (Lipinski definition) is 6. The van der Waals surface area contributed by atoms with Crippen molar-refractivity contribution < 1.29 is 19.1 Å². The molecule has 0 aliphatic carbocycles. The smallest absolute Gasteiger partial charge is 0.302 e. The lowest BCUT2D eigenvalue weighted by molar-refractivity contribution is -0.140. The first-order chi connectivity index (χ1) is 8.86. The second-order valence-electron chi connectivity index (χ2n) is 3.53. The number of carbonyl (C=O) groups excluding carboxylic acids is 2. The third-order valence-electron chi connectivity index (χ3n) is 1.95. The van der Waals surface area contributed by atoms with E-state index in [2.05, 4.69) is 0 Å². The first kappa shape index (κ1) is 19.0. The van der Waals surface area contributed by atoms with Crippen molar-refractivity contribution in [1.29, 1.82) is 0 Å². The summed E-state index contributed by atoms with van der Waals surface area (Å²) in [5, 5.41) is -0.154. The summed E-state index contributed by atoms with van der Waals surface area (Å²) < 4.78 is 10.4. The molecular formula is C11H16Cl2O4S2. The van der Waals surface area contributed by atoms with Gasteiger partial charge in [0.1, 0.15) is 6.61 Å². The molecule has 0 aliphatic rings. The molecule has 0 fully saturated rings. The van der Waals surface area contributed by atoms with E-state index in [4.69, 9.17) is 44.9 Å². The van der Waals surface area contributed by atoms with Crippen molar-refractivity contribution in [2.75, 3.05) is 13.2 Å². The molecule has 19 heavy (non-hydrogen) atoms. The fourth-order valence-corrected chi connectivity index (χ4v) is 2.66. The zero-order chi connectivity index (χ0) is 14.8. The summed E-state index contributed by atoms with van der Waals surface area (Å²) in [7, 11) is 0. The fourth-order valence-electron chi connectivity index (χ4n) is 1.09. The van der Waals surface area contributed by atoms with Crippen LogP contribution >= 0.6 is 47.2 Å². The number of thiocarbonyl (C=S) groups is 1. The third-order valence-corrected chi connectivity index (χ3v) is 3.86. The van der Waals surface area contributed by atoms with Gasteiger partial charge in [-0.15, -0.1) is 0 Å². The minimum absolute atomic E-state index is 0.154. The minimum atomic E-state index is -1.03. The molecule has 0 aromatic rings. The average molecular weight is 347 g/mol. The number of ether oxygens (including phenoxy) is 2. The Labute approximate surface area is 132 Å². The van der Waals surface area contributed by atoms with Crippen LogP contribution in [0.5, 0.6) is 0 Å². The van der Waals surface area contributed by atoms with Gasteiger partial charge in [0.15, 0.2) is 10.6 Å². The second kappa shape index (κ2) is 10.7. The number of alkyl halides is 2. The van der Waals surface area contributed by atoms with Gasteiger partial charge in [-0.25, -0.2) is 0 Å². The molecule has 0 heterocycles. The van der Waals surface area contributed by atoms with Gasteiger partial charge in [-0.05, 0) is 25.6 Å². The molecule has 4 nitrogen and oxygen atoms in total. The van der Waals surface area contributed by atoms with Gasteiger partial charge in [-0.2, -0.15) is 0 Å². The molecule has 0 aromatic heterocycles. The monoisotopic (exact) mass is 346 g/mol. The summed E-state index contributed by atoms with van der Waals surface area (Å²) in [5.41, 5.74) is 0. The SMILES string of the molecule is CCOC(=S)SC(CCC(=O)C(Cl)Cl)COC(C)=O.